The van der Waals surface area contributed by atoms with Crippen molar-refractivity contribution in [2.75, 3.05) is 24.6 Å². The van der Waals surface area contributed by atoms with Gasteiger partial charge in [0.15, 0.2) is 0 Å². The third kappa shape index (κ3) is 11.8. The fraction of sp³-hybridized carbons (Fsp3) is 0.850. The maximum Gasteiger partial charge on any atom is 0.0922 e. The Morgan fingerprint density at radius 3 is 1.35 bits per heavy atom. The SMILES string of the molecule is CCCC[PH](CCCC)(CCCC)CCCC.Cc1c[nH]cn1. The molecule has 0 aliphatic heterocycles. The first-order chi connectivity index (χ1) is 11.1. The summed E-state index contributed by atoms with van der Waals surface area (Å²) in [4.78, 5) is 6.68. The summed E-state index contributed by atoms with van der Waals surface area (Å²) in [5.41, 5.74) is 1.04. The Balaban J connectivity index is 0.000000664. The molecule has 2 nitrogen and oxygen atoms in total. The van der Waals surface area contributed by atoms with Gasteiger partial charge in [-0.15, -0.1) is 0 Å². The number of nitrogens with zero attached hydrogens (tertiary/aromatic N) is 1. The van der Waals surface area contributed by atoms with Crippen LogP contribution < -0.4 is 0 Å². The first-order valence-corrected chi connectivity index (χ1v) is 12.9. The topological polar surface area (TPSA) is 28.7 Å². The summed E-state index contributed by atoms with van der Waals surface area (Å²) in [6, 6.07) is 0. The number of hydrogen-bond acceptors (Lipinski definition) is 1. The Labute approximate surface area is 146 Å². The van der Waals surface area contributed by atoms with Crippen LogP contribution in [0.1, 0.15) is 84.8 Å². The molecule has 138 valence electrons. The molecule has 1 rings (SSSR count). The number of aryl methyl sites for hydroxylation is 1. The van der Waals surface area contributed by atoms with Gasteiger partial charge in [0.05, 0.1) is 12.0 Å². The average molecular weight is 343 g/mol. The Kier molecular flexibility index (Phi) is 14.9. The molecule has 0 atom stereocenters. The zero-order valence-corrected chi connectivity index (χ0v) is 17.6. The standard InChI is InChI=1S/C16H37P.C4H6N2/c1-5-9-13-17(14-10-6-2,15-11-7-3)16-12-8-4;1-4-2-5-3-6-4/h17H,5-16H2,1-4H3;2-3H,1H3,(H,5,6). The maximum absolute atomic E-state index is 3.86. The van der Waals surface area contributed by atoms with Crippen LogP contribution in [0.4, 0.5) is 0 Å². The summed E-state index contributed by atoms with van der Waals surface area (Å²) in [6.07, 6.45) is 21.6. The maximum atomic E-state index is 3.86. The average Bonchev–Trinajstić information content (AvgIpc) is 3.05. The van der Waals surface area contributed by atoms with Gasteiger partial charge in [-0.2, -0.15) is 0 Å². The van der Waals surface area contributed by atoms with E-state index >= 15 is 0 Å². The van der Waals surface area contributed by atoms with E-state index in [4.69, 9.17) is 0 Å². The molecule has 1 N–H and O–H groups in total. The van der Waals surface area contributed by atoms with Crippen molar-refractivity contribution in [3.63, 3.8) is 0 Å². The Bertz CT molecular complexity index is 298. The molecule has 0 spiro atoms. The van der Waals surface area contributed by atoms with E-state index in [2.05, 4.69) is 37.7 Å². The quantitative estimate of drug-likeness (QED) is 0.423. The van der Waals surface area contributed by atoms with Crippen molar-refractivity contribution in [1.29, 1.82) is 0 Å². The molecule has 0 amide bonds. The first kappa shape index (κ1) is 22.6. The van der Waals surface area contributed by atoms with Crippen LogP contribution in [0.25, 0.3) is 0 Å². The molecule has 0 unspecified atom stereocenters. The van der Waals surface area contributed by atoms with Crippen molar-refractivity contribution in [1.82, 2.24) is 9.97 Å². The van der Waals surface area contributed by atoms with E-state index in [-0.39, 0.29) is 0 Å². The molecule has 1 aromatic heterocycles. The van der Waals surface area contributed by atoms with Crippen LogP contribution in [0, 0.1) is 6.92 Å². The van der Waals surface area contributed by atoms with Crippen LogP contribution in [0.5, 0.6) is 0 Å². The molecule has 0 saturated heterocycles. The van der Waals surface area contributed by atoms with Crippen molar-refractivity contribution in [2.45, 2.75) is 86.0 Å². The minimum absolute atomic E-state index is 0.879. The van der Waals surface area contributed by atoms with Gasteiger partial charge in [0.1, 0.15) is 0 Å². The third-order valence-corrected chi connectivity index (χ3v) is 10.5. The fourth-order valence-corrected chi connectivity index (χ4v) is 9.21. The molecular weight excluding hydrogens is 299 g/mol. The second-order valence-electron chi connectivity index (χ2n) is 7.12. The van der Waals surface area contributed by atoms with Gasteiger partial charge >= 0.3 is 111 Å². The molecular formula is C20H43N2P. The molecule has 0 aliphatic carbocycles. The van der Waals surface area contributed by atoms with Gasteiger partial charge in [-0.25, -0.2) is 4.98 Å². The largest absolute Gasteiger partial charge is 0.351 e. The van der Waals surface area contributed by atoms with E-state index in [9.17, 15) is 0 Å². The zero-order valence-electron chi connectivity index (χ0n) is 16.6. The van der Waals surface area contributed by atoms with Crippen LogP contribution in [-0.2, 0) is 0 Å². The van der Waals surface area contributed by atoms with Crippen LogP contribution in [0.2, 0.25) is 0 Å². The molecule has 1 aromatic rings. The normalized spacial score (nSPS) is 11.9. The number of rotatable bonds is 12. The van der Waals surface area contributed by atoms with Crippen LogP contribution in [-0.4, -0.2) is 34.6 Å². The van der Waals surface area contributed by atoms with E-state index in [1.807, 2.05) is 13.1 Å². The monoisotopic (exact) mass is 342 g/mol. The van der Waals surface area contributed by atoms with Crippen molar-refractivity contribution in [3.8, 4) is 0 Å². The number of imidazole rings is 1. The summed E-state index contributed by atoms with van der Waals surface area (Å²) in [7, 11) is -0.879. The Morgan fingerprint density at radius 2 is 1.17 bits per heavy atom. The smallest absolute Gasteiger partial charge is 0.0922 e. The molecule has 23 heavy (non-hydrogen) atoms. The fourth-order valence-electron chi connectivity index (χ4n) is 3.29. The predicted octanol–water partition coefficient (Wildman–Crippen LogP) is 6.65. The number of hydrogen-bond donors (Lipinski definition) is 1. The van der Waals surface area contributed by atoms with Gasteiger partial charge in [0, 0.05) is 6.20 Å². The number of nitrogens with one attached hydrogen (secondary N) is 1. The molecule has 0 radical (unpaired) electrons. The van der Waals surface area contributed by atoms with Crippen LogP contribution >= 0.6 is 7.26 Å². The number of unbranched alkanes of at least 4 members (excludes halogenated alkanes) is 4. The van der Waals surface area contributed by atoms with Crippen molar-refractivity contribution < 1.29 is 0 Å². The Morgan fingerprint density at radius 1 is 0.783 bits per heavy atom. The van der Waals surface area contributed by atoms with E-state index in [1.54, 1.807) is 31.0 Å². The zero-order chi connectivity index (χ0) is 17.4. The van der Waals surface area contributed by atoms with Gasteiger partial charge in [-0.3, -0.25) is 0 Å². The summed E-state index contributed by atoms with van der Waals surface area (Å²) in [6.45, 7) is 11.4. The third-order valence-electron chi connectivity index (χ3n) is 4.88. The summed E-state index contributed by atoms with van der Waals surface area (Å²) < 4.78 is 0. The molecule has 0 saturated carbocycles. The first-order valence-electron chi connectivity index (χ1n) is 10.1. The van der Waals surface area contributed by atoms with Gasteiger partial charge in [0.25, 0.3) is 0 Å². The summed E-state index contributed by atoms with van der Waals surface area (Å²) in [5.74, 6) is 0. The minimum atomic E-state index is -0.879. The van der Waals surface area contributed by atoms with Crippen LogP contribution in [0.3, 0.4) is 0 Å². The molecule has 3 heteroatoms. The van der Waals surface area contributed by atoms with Gasteiger partial charge in [-0.1, -0.05) is 0 Å². The molecule has 0 fully saturated rings. The number of aromatic nitrogens is 2. The second-order valence-corrected chi connectivity index (χ2v) is 12.1. The Hall–Kier alpha value is -0.360. The van der Waals surface area contributed by atoms with E-state index in [1.165, 1.54) is 51.4 Å². The van der Waals surface area contributed by atoms with Crippen molar-refractivity contribution in [3.05, 3.63) is 18.2 Å². The van der Waals surface area contributed by atoms with Gasteiger partial charge in [-0.05, 0) is 6.92 Å². The second kappa shape index (κ2) is 15.2. The van der Waals surface area contributed by atoms with Crippen molar-refractivity contribution in [2.24, 2.45) is 0 Å². The minimum Gasteiger partial charge on any atom is -0.351 e. The molecule has 0 aromatic carbocycles. The summed E-state index contributed by atoms with van der Waals surface area (Å²) >= 11 is 0. The van der Waals surface area contributed by atoms with Gasteiger partial charge in [0.2, 0.25) is 0 Å². The van der Waals surface area contributed by atoms with E-state index in [0.29, 0.717) is 0 Å². The predicted molar refractivity (Wildman–Crippen MR) is 111 cm³/mol. The number of aromatic amines is 1. The van der Waals surface area contributed by atoms with Crippen molar-refractivity contribution >= 4 is 7.26 Å². The molecule has 1 heterocycles. The summed E-state index contributed by atoms with van der Waals surface area (Å²) in [5, 5.41) is 0. The van der Waals surface area contributed by atoms with Gasteiger partial charge < -0.3 is 4.98 Å². The van der Waals surface area contributed by atoms with E-state index in [0.717, 1.165) is 5.69 Å². The van der Waals surface area contributed by atoms with Crippen LogP contribution in [0.15, 0.2) is 12.5 Å². The molecule has 0 aliphatic rings. The molecule has 0 bridgehead atoms. The van der Waals surface area contributed by atoms with E-state index < -0.39 is 7.26 Å². The number of H-pyrrole nitrogens is 1.